The highest BCUT2D eigenvalue weighted by Crippen LogP contribution is 2.16. The lowest BCUT2D eigenvalue weighted by Gasteiger charge is -2.39. The summed E-state index contributed by atoms with van der Waals surface area (Å²) in [4.78, 5) is 15.8. The fourth-order valence-corrected chi connectivity index (χ4v) is 2.45. The van der Waals surface area contributed by atoms with E-state index in [1.165, 1.54) is 0 Å². The number of carbonyl (C=O) groups is 1. The average Bonchev–Trinajstić information content (AvgIpc) is 2.60. The molecule has 2 aliphatic heterocycles. The first-order valence-electron chi connectivity index (χ1n) is 5.71. The number of amides is 2. The first kappa shape index (κ1) is 10.7. The van der Waals surface area contributed by atoms with Crippen LogP contribution in [0.25, 0.3) is 0 Å². The summed E-state index contributed by atoms with van der Waals surface area (Å²) in [5.41, 5.74) is 5.56. The predicted octanol–water partition coefficient (Wildman–Crippen LogP) is -0.567. The number of hydrogen-bond donors (Lipinski definition) is 2. The molecule has 0 aliphatic carbocycles. The lowest BCUT2D eigenvalue weighted by Crippen LogP contribution is -2.54. The molecule has 2 saturated heterocycles. The molecule has 2 heterocycles. The quantitative estimate of drug-likeness (QED) is 0.659. The van der Waals surface area contributed by atoms with Crippen molar-refractivity contribution in [2.75, 3.05) is 32.7 Å². The molecule has 0 aromatic rings. The number of nitrogens with two attached hydrogens (primary N) is 1. The molecule has 0 aromatic carbocycles. The van der Waals surface area contributed by atoms with Crippen molar-refractivity contribution in [3.05, 3.63) is 0 Å². The molecule has 2 atom stereocenters. The molecule has 5 nitrogen and oxygen atoms in total. The second-order valence-corrected chi connectivity index (χ2v) is 4.45. The number of rotatable bonds is 3. The number of carbonyl (C=O) groups excluding carboxylic acids is 1. The molecule has 2 amide bonds. The summed E-state index contributed by atoms with van der Waals surface area (Å²) in [7, 11) is 0. The predicted molar refractivity (Wildman–Crippen MR) is 58.6 cm³/mol. The average molecular weight is 212 g/mol. The van der Waals surface area contributed by atoms with Crippen LogP contribution in [0, 0.1) is 0 Å². The minimum atomic E-state index is 0.103. The van der Waals surface area contributed by atoms with E-state index in [4.69, 9.17) is 5.73 Å². The van der Waals surface area contributed by atoms with Crippen LogP contribution in [0.1, 0.15) is 13.3 Å². The van der Waals surface area contributed by atoms with Gasteiger partial charge in [-0.05, 0) is 19.9 Å². The molecule has 0 spiro atoms. The van der Waals surface area contributed by atoms with Gasteiger partial charge in [-0.15, -0.1) is 0 Å². The van der Waals surface area contributed by atoms with Crippen LogP contribution >= 0.6 is 0 Å². The summed E-state index contributed by atoms with van der Waals surface area (Å²) < 4.78 is 0. The Morgan fingerprint density at radius 3 is 3.13 bits per heavy atom. The van der Waals surface area contributed by atoms with E-state index >= 15 is 0 Å². The number of hydrogen-bond acceptors (Lipinski definition) is 3. The first-order chi connectivity index (χ1) is 7.22. The van der Waals surface area contributed by atoms with E-state index in [9.17, 15) is 4.79 Å². The van der Waals surface area contributed by atoms with Crippen molar-refractivity contribution < 1.29 is 4.79 Å². The molecule has 2 aliphatic rings. The Morgan fingerprint density at radius 1 is 1.60 bits per heavy atom. The monoisotopic (exact) mass is 212 g/mol. The van der Waals surface area contributed by atoms with E-state index in [0.717, 1.165) is 39.1 Å². The van der Waals surface area contributed by atoms with Gasteiger partial charge in [0.25, 0.3) is 0 Å². The minimum Gasteiger partial charge on any atom is -0.336 e. The van der Waals surface area contributed by atoms with E-state index in [1.807, 2.05) is 4.90 Å². The lowest BCUT2D eigenvalue weighted by molar-refractivity contribution is 0.0916. The van der Waals surface area contributed by atoms with Gasteiger partial charge in [-0.2, -0.15) is 0 Å². The van der Waals surface area contributed by atoms with Crippen LogP contribution in [0.4, 0.5) is 4.79 Å². The van der Waals surface area contributed by atoms with Gasteiger partial charge in [-0.1, -0.05) is 0 Å². The van der Waals surface area contributed by atoms with Crippen molar-refractivity contribution >= 4 is 6.03 Å². The summed E-state index contributed by atoms with van der Waals surface area (Å²) >= 11 is 0. The Balaban J connectivity index is 1.90. The van der Waals surface area contributed by atoms with Gasteiger partial charge in [0.2, 0.25) is 0 Å². The van der Waals surface area contributed by atoms with Crippen LogP contribution in [-0.4, -0.2) is 60.6 Å². The largest absolute Gasteiger partial charge is 0.336 e. The zero-order valence-corrected chi connectivity index (χ0v) is 9.28. The fourth-order valence-electron chi connectivity index (χ4n) is 2.45. The fraction of sp³-hybridized carbons (Fsp3) is 0.900. The highest BCUT2D eigenvalue weighted by molar-refractivity contribution is 5.77. The van der Waals surface area contributed by atoms with E-state index in [1.54, 1.807) is 0 Å². The summed E-state index contributed by atoms with van der Waals surface area (Å²) in [5, 5.41) is 2.89. The highest BCUT2D eigenvalue weighted by Gasteiger charge is 2.36. The topological polar surface area (TPSA) is 61.6 Å². The van der Waals surface area contributed by atoms with Crippen LogP contribution in [-0.2, 0) is 0 Å². The maximum absolute atomic E-state index is 11.4. The third-order valence-electron chi connectivity index (χ3n) is 3.47. The molecular weight excluding hydrogens is 192 g/mol. The smallest absolute Gasteiger partial charge is 0.317 e. The second-order valence-electron chi connectivity index (χ2n) is 4.45. The normalized spacial score (nSPS) is 28.8. The molecule has 0 bridgehead atoms. The van der Waals surface area contributed by atoms with Crippen molar-refractivity contribution in [1.82, 2.24) is 15.1 Å². The van der Waals surface area contributed by atoms with Gasteiger partial charge in [0.15, 0.2) is 0 Å². The van der Waals surface area contributed by atoms with E-state index in [2.05, 4.69) is 17.1 Å². The molecule has 2 unspecified atom stereocenters. The van der Waals surface area contributed by atoms with E-state index < -0.39 is 0 Å². The number of nitrogens with zero attached hydrogens (tertiary/aromatic N) is 2. The SMILES string of the molecule is CC(CCN)N1CCN2C(=O)NCC2C1. The summed E-state index contributed by atoms with van der Waals surface area (Å²) in [6.45, 7) is 6.57. The number of urea groups is 1. The van der Waals surface area contributed by atoms with Crippen LogP contribution < -0.4 is 11.1 Å². The molecule has 0 radical (unpaired) electrons. The Morgan fingerprint density at radius 2 is 2.40 bits per heavy atom. The Hall–Kier alpha value is -0.810. The van der Waals surface area contributed by atoms with Gasteiger partial charge in [0, 0.05) is 32.2 Å². The minimum absolute atomic E-state index is 0.103. The third-order valence-corrected chi connectivity index (χ3v) is 3.47. The van der Waals surface area contributed by atoms with Gasteiger partial charge in [-0.3, -0.25) is 4.90 Å². The summed E-state index contributed by atoms with van der Waals surface area (Å²) in [6.07, 6.45) is 1.04. The number of fused-ring (bicyclic) bond motifs is 1. The molecule has 15 heavy (non-hydrogen) atoms. The highest BCUT2D eigenvalue weighted by atomic mass is 16.2. The Kier molecular flexibility index (Phi) is 3.11. The standard InChI is InChI=1S/C10H20N4O/c1-8(2-3-11)13-4-5-14-9(7-13)6-12-10(14)15/h8-9H,2-7,11H2,1H3,(H,12,15). The molecule has 0 saturated carbocycles. The first-order valence-corrected chi connectivity index (χ1v) is 5.71. The van der Waals surface area contributed by atoms with Crippen molar-refractivity contribution in [1.29, 1.82) is 0 Å². The number of piperazine rings is 1. The summed E-state index contributed by atoms with van der Waals surface area (Å²) in [6, 6.07) is 1.01. The number of nitrogens with one attached hydrogen (secondary N) is 1. The molecule has 5 heteroatoms. The zero-order valence-electron chi connectivity index (χ0n) is 9.28. The third kappa shape index (κ3) is 2.08. The van der Waals surface area contributed by atoms with Gasteiger partial charge in [0.05, 0.1) is 6.04 Å². The lowest BCUT2D eigenvalue weighted by atomic mass is 10.1. The van der Waals surface area contributed by atoms with Crippen molar-refractivity contribution in [2.45, 2.75) is 25.4 Å². The molecule has 2 fully saturated rings. The summed E-state index contributed by atoms with van der Waals surface area (Å²) in [5.74, 6) is 0. The molecule has 86 valence electrons. The van der Waals surface area contributed by atoms with Gasteiger partial charge >= 0.3 is 6.03 Å². The van der Waals surface area contributed by atoms with Crippen LogP contribution in [0.2, 0.25) is 0 Å². The molecule has 3 N–H and O–H groups in total. The van der Waals surface area contributed by atoms with Gasteiger partial charge in [-0.25, -0.2) is 4.79 Å². The van der Waals surface area contributed by atoms with Crippen LogP contribution in [0.15, 0.2) is 0 Å². The van der Waals surface area contributed by atoms with Crippen molar-refractivity contribution in [2.24, 2.45) is 5.73 Å². The van der Waals surface area contributed by atoms with E-state index in [-0.39, 0.29) is 6.03 Å². The maximum atomic E-state index is 11.4. The van der Waals surface area contributed by atoms with Crippen molar-refractivity contribution in [3.8, 4) is 0 Å². The van der Waals surface area contributed by atoms with Crippen LogP contribution in [0.3, 0.4) is 0 Å². The molecule has 0 aromatic heterocycles. The Bertz CT molecular complexity index is 246. The zero-order chi connectivity index (χ0) is 10.8. The Labute approximate surface area is 90.6 Å². The molecule has 2 rings (SSSR count). The second kappa shape index (κ2) is 4.37. The van der Waals surface area contributed by atoms with Crippen molar-refractivity contribution in [3.63, 3.8) is 0 Å². The van der Waals surface area contributed by atoms with Gasteiger partial charge < -0.3 is 16.0 Å². The van der Waals surface area contributed by atoms with E-state index in [0.29, 0.717) is 12.1 Å². The van der Waals surface area contributed by atoms with Gasteiger partial charge in [0.1, 0.15) is 0 Å². The maximum Gasteiger partial charge on any atom is 0.317 e. The molecular formula is C10H20N4O. The van der Waals surface area contributed by atoms with Crippen LogP contribution in [0.5, 0.6) is 0 Å².